The zero-order chi connectivity index (χ0) is 20.5. The Balaban J connectivity index is 1.40. The van der Waals surface area contributed by atoms with E-state index in [2.05, 4.69) is 10.3 Å². The lowest BCUT2D eigenvalue weighted by atomic mass is 9.87. The predicted molar refractivity (Wildman–Crippen MR) is 115 cm³/mol. The minimum atomic E-state index is -0.404. The van der Waals surface area contributed by atoms with Crippen LogP contribution < -0.4 is 10.1 Å². The van der Waals surface area contributed by atoms with Gasteiger partial charge in [-0.25, -0.2) is 4.98 Å². The van der Waals surface area contributed by atoms with Crippen molar-refractivity contribution in [2.24, 2.45) is 0 Å². The number of hydrogen-bond donors (Lipinski definition) is 1. The molecule has 2 heterocycles. The molecule has 5 nitrogen and oxygen atoms in total. The second kappa shape index (κ2) is 7.52. The van der Waals surface area contributed by atoms with E-state index in [9.17, 15) is 4.79 Å². The van der Waals surface area contributed by atoms with Gasteiger partial charge in [0.1, 0.15) is 11.5 Å². The number of carbonyl (C=O) groups excluding carboxylic acids is 1. The average molecular weight is 395 g/mol. The summed E-state index contributed by atoms with van der Waals surface area (Å²) in [5, 5.41) is 3.19. The second-order valence-electron chi connectivity index (χ2n) is 7.40. The molecule has 148 valence electrons. The fourth-order valence-electron chi connectivity index (χ4n) is 3.92. The minimum absolute atomic E-state index is 0.0376. The number of rotatable bonds is 4. The summed E-state index contributed by atoms with van der Waals surface area (Å²) in [5.41, 5.74) is 3.84. The molecule has 5 rings (SSSR count). The molecule has 1 aliphatic heterocycles. The van der Waals surface area contributed by atoms with Gasteiger partial charge in [0.2, 0.25) is 5.91 Å². The van der Waals surface area contributed by atoms with Gasteiger partial charge in [-0.3, -0.25) is 4.79 Å². The van der Waals surface area contributed by atoms with Crippen LogP contribution in [0.3, 0.4) is 0 Å². The molecule has 0 fully saturated rings. The van der Waals surface area contributed by atoms with Gasteiger partial charge < -0.3 is 14.6 Å². The van der Waals surface area contributed by atoms with Crippen LogP contribution in [0, 0.1) is 0 Å². The van der Waals surface area contributed by atoms with Crippen molar-refractivity contribution in [2.45, 2.75) is 18.9 Å². The molecule has 1 N–H and O–H groups in total. The predicted octanol–water partition coefficient (Wildman–Crippen LogP) is 4.99. The molecule has 0 radical (unpaired) electrons. The lowest BCUT2D eigenvalue weighted by Gasteiger charge is -2.28. The first kappa shape index (κ1) is 18.2. The summed E-state index contributed by atoms with van der Waals surface area (Å²) < 4.78 is 7.96. The van der Waals surface area contributed by atoms with Gasteiger partial charge in [-0.1, -0.05) is 48.5 Å². The topological polar surface area (TPSA) is 56.1 Å². The highest BCUT2D eigenvalue weighted by molar-refractivity contribution is 5.90. The van der Waals surface area contributed by atoms with E-state index >= 15 is 0 Å². The lowest BCUT2D eigenvalue weighted by molar-refractivity contribution is -0.122. The molecule has 30 heavy (non-hydrogen) atoms. The number of imidazole rings is 1. The van der Waals surface area contributed by atoms with Gasteiger partial charge in [-0.15, -0.1) is 0 Å². The first-order valence-corrected chi connectivity index (χ1v) is 9.95. The highest BCUT2D eigenvalue weighted by Crippen LogP contribution is 2.44. The number of nitrogens with one attached hydrogen (secondary N) is 1. The van der Waals surface area contributed by atoms with Crippen LogP contribution in [0.15, 0.2) is 91.5 Å². The van der Waals surface area contributed by atoms with Crippen LogP contribution in [0.25, 0.3) is 5.69 Å². The normalized spacial score (nSPS) is 13.6. The Labute approximate surface area is 175 Å². The first-order chi connectivity index (χ1) is 14.7. The van der Waals surface area contributed by atoms with Gasteiger partial charge in [-0.05, 0) is 36.8 Å². The zero-order valence-electron chi connectivity index (χ0n) is 16.5. The number of nitrogens with zero attached hydrogens (tertiary/aromatic N) is 2. The standard InChI is InChI=1S/C25H21N3O2/c1-17(18-10-12-19(13-11-18)28-15-14-26-16-28)27-25(29)24-20-6-2-4-8-22(20)30-23-9-5-3-7-21(23)24/h2-17,24H,1H3,(H,27,29)/t17-/m1/s1. The smallest absolute Gasteiger partial charge is 0.232 e. The molecule has 0 aliphatic carbocycles. The quantitative estimate of drug-likeness (QED) is 0.530. The van der Waals surface area contributed by atoms with E-state index < -0.39 is 5.92 Å². The Bertz CT molecular complexity index is 1140. The third kappa shape index (κ3) is 3.24. The van der Waals surface area contributed by atoms with E-state index in [-0.39, 0.29) is 11.9 Å². The van der Waals surface area contributed by atoms with Crippen molar-refractivity contribution in [1.29, 1.82) is 0 Å². The summed E-state index contributed by atoms with van der Waals surface area (Å²) in [6.45, 7) is 2.00. The third-order valence-electron chi connectivity index (χ3n) is 5.50. The molecule has 1 aliphatic rings. The summed E-state index contributed by atoms with van der Waals surface area (Å²) in [4.78, 5) is 17.5. The Morgan fingerprint density at radius 2 is 1.60 bits per heavy atom. The number of amides is 1. The lowest BCUT2D eigenvalue weighted by Crippen LogP contribution is -2.33. The van der Waals surface area contributed by atoms with Crippen molar-refractivity contribution >= 4 is 5.91 Å². The number of fused-ring (bicyclic) bond motifs is 2. The van der Waals surface area contributed by atoms with Crippen LogP contribution in [0.4, 0.5) is 0 Å². The summed E-state index contributed by atoms with van der Waals surface area (Å²) in [6, 6.07) is 23.4. The molecule has 4 aromatic rings. The summed E-state index contributed by atoms with van der Waals surface area (Å²) in [6.07, 6.45) is 5.42. The molecule has 0 bridgehead atoms. The van der Waals surface area contributed by atoms with Gasteiger partial charge >= 0.3 is 0 Å². The Morgan fingerprint density at radius 3 is 2.20 bits per heavy atom. The molecule has 1 aromatic heterocycles. The average Bonchev–Trinajstić information content (AvgIpc) is 3.32. The first-order valence-electron chi connectivity index (χ1n) is 9.95. The Hall–Kier alpha value is -3.86. The molecular weight excluding hydrogens is 374 g/mol. The van der Waals surface area contributed by atoms with Crippen LogP contribution in [0.5, 0.6) is 11.5 Å². The highest BCUT2D eigenvalue weighted by atomic mass is 16.5. The van der Waals surface area contributed by atoms with Gasteiger partial charge in [0.15, 0.2) is 0 Å². The molecule has 0 spiro atoms. The molecule has 0 saturated carbocycles. The number of para-hydroxylation sites is 2. The third-order valence-corrected chi connectivity index (χ3v) is 5.50. The maximum absolute atomic E-state index is 13.4. The van der Waals surface area contributed by atoms with Crippen molar-refractivity contribution in [1.82, 2.24) is 14.9 Å². The molecule has 1 amide bonds. The van der Waals surface area contributed by atoms with E-state index in [4.69, 9.17) is 4.74 Å². The fraction of sp³-hybridized carbons (Fsp3) is 0.120. The minimum Gasteiger partial charge on any atom is -0.457 e. The van der Waals surface area contributed by atoms with Crippen LogP contribution in [-0.4, -0.2) is 15.5 Å². The van der Waals surface area contributed by atoms with E-state index in [1.807, 2.05) is 90.5 Å². The Morgan fingerprint density at radius 1 is 0.967 bits per heavy atom. The van der Waals surface area contributed by atoms with Crippen LogP contribution in [0.1, 0.15) is 35.6 Å². The number of hydrogen-bond acceptors (Lipinski definition) is 3. The second-order valence-corrected chi connectivity index (χ2v) is 7.40. The van der Waals surface area contributed by atoms with Crippen LogP contribution in [0.2, 0.25) is 0 Å². The van der Waals surface area contributed by atoms with E-state index in [0.29, 0.717) is 0 Å². The molecular formula is C25H21N3O2. The van der Waals surface area contributed by atoms with Gasteiger partial charge in [0, 0.05) is 29.2 Å². The van der Waals surface area contributed by atoms with Crippen molar-refractivity contribution in [3.63, 3.8) is 0 Å². The SMILES string of the molecule is C[C@@H](NC(=O)C1c2ccccc2Oc2ccccc21)c1ccc(-n2ccnc2)cc1. The van der Waals surface area contributed by atoms with E-state index in [1.165, 1.54) is 0 Å². The maximum Gasteiger partial charge on any atom is 0.232 e. The zero-order valence-corrected chi connectivity index (χ0v) is 16.5. The fourth-order valence-corrected chi connectivity index (χ4v) is 3.92. The van der Waals surface area contributed by atoms with Crippen molar-refractivity contribution in [3.8, 4) is 17.2 Å². The number of ether oxygens (including phenoxy) is 1. The van der Waals surface area contributed by atoms with Gasteiger partial charge in [0.05, 0.1) is 18.3 Å². The number of benzene rings is 3. The summed E-state index contributed by atoms with van der Waals surface area (Å²) in [7, 11) is 0. The van der Waals surface area contributed by atoms with Crippen molar-refractivity contribution in [3.05, 3.63) is 108 Å². The van der Waals surface area contributed by atoms with E-state index in [1.54, 1.807) is 12.5 Å². The molecule has 1 atom stereocenters. The largest absolute Gasteiger partial charge is 0.457 e. The Kier molecular flexibility index (Phi) is 4.56. The van der Waals surface area contributed by atoms with Gasteiger partial charge in [-0.2, -0.15) is 0 Å². The molecule has 0 saturated heterocycles. The maximum atomic E-state index is 13.4. The molecule has 5 heteroatoms. The highest BCUT2D eigenvalue weighted by Gasteiger charge is 2.32. The monoisotopic (exact) mass is 395 g/mol. The van der Waals surface area contributed by atoms with Crippen molar-refractivity contribution < 1.29 is 9.53 Å². The van der Waals surface area contributed by atoms with Crippen LogP contribution in [-0.2, 0) is 4.79 Å². The molecule has 0 unspecified atom stereocenters. The summed E-state index contributed by atoms with van der Waals surface area (Å²) >= 11 is 0. The van der Waals surface area contributed by atoms with Gasteiger partial charge in [0.25, 0.3) is 0 Å². The van der Waals surface area contributed by atoms with Crippen LogP contribution >= 0.6 is 0 Å². The number of carbonyl (C=O) groups is 1. The number of aromatic nitrogens is 2. The van der Waals surface area contributed by atoms with Crippen molar-refractivity contribution in [2.75, 3.05) is 0 Å². The summed E-state index contributed by atoms with van der Waals surface area (Å²) in [5.74, 6) is 1.02. The van der Waals surface area contributed by atoms with E-state index in [0.717, 1.165) is 33.9 Å². The molecule has 3 aromatic carbocycles.